The summed E-state index contributed by atoms with van der Waals surface area (Å²) in [5, 5.41) is 7.12. The zero-order valence-corrected chi connectivity index (χ0v) is 18.0. The summed E-state index contributed by atoms with van der Waals surface area (Å²) in [4.78, 5) is 34.4. The van der Waals surface area contributed by atoms with Crippen molar-refractivity contribution in [3.63, 3.8) is 0 Å². The molecule has 12 heteroatoms. The third-order valence-electron chi connectivity index (χ3n) is 5.87. The first kappa shape index (κ1) is 24.5. The number of hydrogen-bond donors (Lipinski definition) is 1. The largest absolute Gasteiger partial charge is 0.490 e. The average molecular weight is 470 g/mol. The molecule has 0 radical (unpaired) electrons. The number of alkyl halides is 3. The summed E-state index contributed by atoms with van der Waals surface area (Å²) in [5.74, 6) is -1.59. The molecule has 4 rings (SSSR count). The number of likely N-dealkylation sites (tertiary alicyclic amines) is 1. The number of ether oxygens (including phenoxy) is 1. The van der Waals surface area contributed by atoms with E-state index in [4.69, 9.17) is 19.1 Å². The molecule has 33 heavy (non-hydrogen) atoms. The molecular formula is C21H25F3N4O5. The quantitative estimate of drug-likeness (QED) is 0.727. The number of nitrogens with zero attached hydrogens (tertiary/aromatic N) is 4. The summed E-state index contributed by atoms with van der Waals surface area (Å²) >= 11 is 0. The first-order valence-electron chi connectivity index (χ1n) is 10.3. The molecule has 2 aliphatic heterocycles. The molecule has 1 spiro atoms. The molecule has 2 aromatic rings. The van der Waals surface area contributed by atoms with Crippen molar-refractivity contribution in [2.75, 3.05) is 38.3 Å². The minimum atomic E-state index is -5.08. The van der Waals surface area contributed by atoms with Gasteiger partial charge in [0.1, 0.15) is 0 Å². The van der Waals surface area contributed by atoms with E-state index in [1.54, 1.807) is 37.9 Å². The van der Waals surface area contributed by atoms with Crippen molar-refractivity contribution in [2.24, 2.45) is 5.41 Å². The highest BCUT2D eigenvalue weighted by Crippen LogP contribution is 2.44. The standard InChI is InChI=1S/C19H24N4O3.C2HF3O2/c1-25-13-15-12-19(14-23(15)18-20-7-3-8-21-18)5-9-22(10-6-19)17(24)16-4-2-11-26-16;3-2(4,5)1(6)7/h2-4,7-8,11,15H,5-6,9-10,12-14H2,1H3;(H,6,7). The Morgan fingerprint density at radius 2 is 1.88 bits per heavy atom. The van der Waals surface area contributed by atoms with Crippen LogP contribution in [-0.4, -0.2) is 77.4 Å². The number of carboxylic acids is 1. The lowest BCUT2D eigenvalue weighted by atomic mass is 9.76. The van der Waals surface area contributed by atoms with Crippen LogP contribution < -0.4 is 4.90 Å². The van der Waals surface area contributed by atoms with E-state index in [1.807, 2.05) is 11.0 Å². The summed E-state index contributed by atoms with van der Waals surface area (Å²) in [6.07, 6.45) is 3.01. The summed E-state index contributed by atoms with van der Waals surface area (Å²) in [6.45, 7) is 3.08. The predicted molar refractivity (Wildman–Crippen MR) is 110 cm³/mol. The number of methoxy groups -OCH3 is 1. The lowest BCUT2D eigenvalue weighted by Gasteiger charge is -2.38. The lowest BCUT2D eigenvalue weighted by Crippen LogP contribution is -2.44. The Morgan fingerprint density at radius 3 is 2.39 bits per heavy atom. The van der Waals surface area contributed by atoms with E-state index < -0.39 is 12.1 Å². The maximum Gasteiger partial charge on any atom is 0.490 e. The van der Waals surface area contributed by atoms with Crippen LogP contribution in [0.25, 0.3) is 0 Å². The van der Waals surface area contributed by atoms with Crippen molar-refractivity contribution in [1.29, 1.82) is 0 Å². The van der Waals surface area contributed by atoms with Crippen LogP contribution in [0.5, 0.6) is 0 Å². The third kappa shape index (κ3) is 6.01. The maximum atomic E-state index is 12.5. The second-order valence-corrected chi connectivity index (χ2v) is 8.06. The van der Waals surface area contributed by atoms with Crippen LogP contribution >= 0.6 is 0 Å². The number of aromatic nitrogens is 2. The Bertz CT molecular complexity index is 916. The van der Waals surface area contributed by atoms with Crippen LogP contribution in [0, 0.1) is 5.41 Å². The molecule has 0 saturated carbocycles. The van der Waals surface area contributed by atoms with Crippen molar-refractivity contribution >= 4 is 17.8 Å². The summed E-state index contributed by atoms with van der Waals surface area (Å²) in [5.41, 5.74) is 0.183. The van der Waals surface area contributed by atoms with Gasteiger partial charge in [-0.3, -0.25) is 4.79 Å². The zero-order valence-electron chi connectivity index (χ0n) is 18.0. The van der Waals surface area contributed by atoms with Gasteiger partial charge >= 0.3 is 12.1 Å². The normalized spacial score (nSPS) is 19.8. The van der Waals surface area contributed by atoms with E-state index in [-0.39, 0.29) is 17.4 Å². The fourth-order valence-corrected chi connectivity index (χ4v) is 4.28. The molecule has 0 aromatic carbocycles. The van der Waals surface area contributed by atoms with Crippen LogP contribution in [0.2, 0.25) is 0 Å². The zero-order chi connectivity index (χ0) is 24.1. The highest BCUT2D eigenvalue weighted by Gasteiger charge is 2.47. The van der Waals surface area contributed by atoms with Crippen LogP contribution in [0.3, 0.4) is 0 Å². The van der Waals surface area contributed by atoms with Gasteiger partial charge in [0.15, 0.2) is 5.76 Å². The number of halogens is 3. The van der Waals surface area contributed by atoms with E-state index in [2.05, 4.69) is 14.9 Å². The van der Waals surface area contributed by atoms with Gasteiger partial charge in [0.05, 0.1) is 18.9 Å². The molecule has 9 nitrogen and oxygen atoms in total. The SMILES string of the molecule is COCC1CC2(CCN(C(=O)c3ccco3)CC2)CN1c1ncccn1.O=C(O)C(F)(F)F. The van der Waals surface area contributed by atoms with E-state index in [9.17, 15) is 18.0 Å². The van der Waals surface area contributed by atoms with Crippen molar-refractivity contribution in [3.8, 4) is 0 Å². The maximum absolute atomic E-state index is 12.5. The summed E-state index contributed by atoms with van der Waals surface area (Å²) in [6, 6.07) is 5.59. The van der Waals surface area contributed by atoms with Gasteiger partial charge in [-0.15, -0.1) is 0 Å². The number of piperidine rings is 1. The van der Waals surface area contributed by atoms with Crippen LogP contribution in [0.4, 0.5) is 19.1 Å². The lowest BCUT2D eigenvalue weighted by molar-refractivity contribution is -0.192. The van der Waals surface area contributed by atoms with Crippen LogP contribution in [0.15, 0.2) is 41.3 Å². The van der Waals surface area contributed by atoms with E-state index in [0.29, 0.717) is 12.4 Å². The number of hydrogen-bond acceptors (Lipinski definition) is 7. The molecule has 4 heterocycles. The number of carboxylic acid groups (broad SMARTS) is 1. The molecule has 1 amide bonds. The Balaban J connectivity index is 0.000000383. The molecule has 1 unspecified atom stereocenters. The molecule has 2 aromatic heterocycles. The second-order valence-electron chi connectivity index (χ2n) is 8.06. The van der Waals surface area contributed by atoms with Gasteiger partial charge in [-0.25, -0.2) is 14.8 Å². The van der Waals surface area contributed by atoms with Crippen molar-refractivity contribution in [2.45, 2.75) is 31.5 Å². The number of amides is 1. The fraction of sp³-hybridized carbons (Fsp3) is 0.524. The molecule has 2 saturated heterocycles. The molecule has 1 atom stereocenters. The topological polar surface area (TPSA) is 109 Å². The number of anilines is 1. The molecule has 0 bridgehead atoms. The Labute approximate surface area is 188 Å². The molecule has 2 aliphatic rings. The van der Waals surface area contributed by atoms with Gasteiger partial charge in [0, 0.05) is 39.1 Å². The average Bonchev–Trinajstić information content (AvgIpc) is 3.44. The summed E-state index contributed by atoms with van der Waals surface area (Å²) < 4.78 is 42.4. The smallest absolute Gasteiger partial charge is 0.475 e. The Hall–Kier alpha value is -3.15. The monoisotopic (exact) mass is 470 g/mol. The van der Waals surface area contributed by atoms with Gasteiger partial charge in [-0.05, 0) is 42.9 Å². The van der Waals surface area contributed by atoms with E-state index >= 15 is 0 Å². The van der Waals surface area contributed by atoms with Crippen molar-refractivity contribution in [1.82, 2.24) is 14.9 Å². The minimum Gasteiger partial charge on any atom is -0.475 e. The third-order valence-corrected chi connectivity index (χ3v) is 5.87. The number of carbonyl (C=O) groups excluding carboxylic acids is 1. The van der Waals surface area contributed by atoms with Gasteiger partial charge in [0.25, 0.3) is 5.91 Å². The first-order valence-corrected chi connectivity index (χ1v) is 10.3. The Morgan fingerprint density at radius 1 is 1.24 bits per heavy atom. The molecule has 1 N–H and O–H groups in total. The van der Waals surface area contributed by atoms with E-state index in [0.717, 1.165) is 44.8 Å². The van der Waals surface area contributed by atoms with Crippen LogP contribution in [0.1, 0.15) is 29.8 Å². The molecule has 2 fully saturated rings. The van der Waals surface area contributed by atoms with Gasteiger partial charge in [-0.1, -0.05) is 0 Å². The number of rotatable bonds is 4. The molecule has 180 valence electrons. The van der Waals surface area contributed by atoms with Gasteiger partial charge in [0.2, 0.25) is 5.95 Å². The highest BCUT2D eigenvalue weighted by atomic mass is 19.4. The van der Waals surface area contributed by atoms with E-state index in [1.165, 1.54) is 0 Å². The molecular weight excluding hydrogens is 445 g/mol. The summed E-state index contributed by atoms with van der Waals surface area (Å²) in [7, 11) is 1.74. The van der Waals surface area contributed by atoms with Crippen LogP contribution in [-0.2, 0) is 9.53 Å². The predicted octanol–water partition coefficient (Wildman–Crippen LogP) is 2.85. The minimum absolute atomic E-state index is 0.0143. The number of aliphatic carboxylic acids is 1. The Kier molecular flexibility index (Phi) is 7.57. The highest BCUT2D eigenvalue weighted by molar-refractivity contribution is 5.91. The fourth-order valence-electron chi connectivity index (χ4n) is 4.28. The second kappa shape index (κ2) is 10.2. The number of carbonyl (C=O) groups is 2. The molecule has 0 aliphatic carbocycles. The number of furan rings is 1. The van der Waals surface area contributed by atoms with Crippen molar-refractivity contribution < 1.29 is 37.0 Å². The van der Waals surface area contributed by atoms with Gasteiger partial charge in [-0.2, -0.15) is 13.2 Å². The van der Waals surface area contributed by atoms with Crippen molar-refractivity contribution in [3.05, 3.63) is 42.6 Å². The van der Waals surface area contributed by atoms with Gasteiger partial charge < -0.3 is 24.1 Å². The first-order chi connectivity index (χ1) is 15.6.